The van der Waals surface area contributed by atoms with E-state index in [1.165, 1.54) is 11.3 Å². The maximum atomic E-state index is 4.16. The van der Waals surface area contributed by atoms with Crippen LogP contribution < -0.4 is 5.32 Å². The molecule has 0 amide bonds. The summed E-state index contributed by atoms with van der Waals surface area (Å²) in [4.78, 5) is 9.19. The summed E-state index contributed by atoms with van der Waals surface area (Å²) in [5, 5.41) is 2.94. The van der Waals surface area contributed by atoms with Gasteiger partial charge in [-0.25, -0.2) is 4.98 Å². The van der Waals surface area contributed by atoms with Gasteiger partial charge in [0, 0.05) is 7.05 Å². The quantitative estimate of drug-likeness (QED) is 0.671. The third-order valence-electron chi connectivity index (χ3n) is 1.24. The first-order chi connectivity index (χ1) is 6.19. The smallest absolute Gasteiger partial charge is 0.161 e. The summed E-state index contributed by atoms with van der Waals surface area (Å²) in [6.07, 6.45) is 1.59. The Morgan fingerprint density at radius 3 is 2.77 bits per heavy atom. The molecule has 1 heterocycles. The minimum absolute atomic E-state index is 0.755. The maximum Gasteiger partial charge on any atom is 0.161 e. The Morgan fingerprint density at radius 1 is 1.69 bits per heavy atom. The Kier molecular flexibility index (Phi) is 4.08. The van der Waals surface area contributed by atoms with Crippen molar-refractivity contribution < 1.29 is 0 Å². The Balaban J connectivity index is 3.04. The highest BCUT2D eigenvalue weighted by Crippen LogP contribution is 2.27. The molecule has 1 aromatic heterocycles. The molecule has 0 aliphatic rings. The van der Waals surface area contributed by atoms with E-state index in [0.29, 0.717) is 0 Å². The van der Waals surface area contributed by atoms with E-state index >= 15 is 0 Å². The van der Waals surface area contributed by atoms with Gasteiger partial charge in [0.15, 0.2) is 3.92 Å². The number of aliphatic imine (C=N–C) groups is 1. The largest absolute Gasteiger partial charge is 0.346 e. The van der Waals surface area contributed by atoms with Gasteiger partial charge < -0.3 is 5.32 Å². The average Bonchev–Trinajstić information content (AvgIpc) is 2.41. The SMILES string of the molecule is C=CNC(=NC)c1sc(Br)nc1Br. The van der Waals surface area contributed by atoms with E-state index in [1.807, 2.05) is 0 Å². The molecule has 0 fully saturated rings. The monoisotopic (exact) mass is 323 g/mol. The second-order valence-corrected chi connectivity index (χ2v) is 5.03. The lowest BCUT2D eigenvalue weighted by Gasteiger charge is -2.00. The Bertz CT molecular complexity index is 346. The minimum Gasteiger partial charge on any atom is -0.346 e. The highest BCUT2D eigenvalue weighted by molar-refractivity contribution is 9.11. The molecule has 70 valence electrons. The van der Waals surface area contributed by atoms with E-state index in [0.717, 1.165) is 19.2 Å². The van der Waals surface area contributed by atoms with Gasteiger partial charge in [0.25, 0.3) is 0 Å². The van der Waals surface area contributed by atoms with Crippen molar-refractivity contribution in [2.45, 2.75) is 0 Å². The first-order valence-electron chi connectivity index (χ1n) is 3.35. The highest BCUT2D eigenvalue weighted by Gasteiger charge is 2.11. The normalized spacial score (nSPS) is 11.5. The molecule has 0 atom stereocenters. The van der Waals surface area contributed by atoms with Crippen molar-refractivity contribution in [1.82, 2.24) is 10.3 Å². The maximum absolute atomic E-state index is 4.16. The molecule has 0 aromatic carbocycles. The van der Waals surface area contributed by atoms with Crippen LogP contribution in [0, 0.1) is 0 Å². The zero-order valence-corrected chi connectivity index (χ0v) is 10.8. The number of nitrogens with one attached hydrogen (secondary N) is 1. The van der Waals surface area contributed by atoms with Crippen LogP contribution in [0.15, 0.2) is 26.3 Å². The first-order valence-corrected chi connectivity index (χ1v) is 5.75. The van der Waals surface area contributed by atoms with Crippen LogP contribution in [0.25, 0.3) is 0 Å². The summed E-state index contributed by atoms with van der Waals surface area (Å²) in [6.45, 7) is 3.58. The molecule has 0 bridgehead atoms. The molecular weight excluding hydrogens is 318 g/mol. The fourth-order valence-corrected chi connectivity index (χ4v) is 3.06. The van der Waals surface area contributed by atoms with Crippen LogP contribution in [-0.4, -0.2) is 17.9 Å². The highest BCUT2D eigenvalue weighted by atomic mass is 79.9. The van der Waals surface area contributed by atoms with Gasteiger partial charge in [0.1, 0.15) is 15.3 Å². The molecule has 6 heteroatoms. The molecule has 0 aliphatic carbocycles. The number of rotatable bonds is 2. The summed E-state index contributed by atoms with van der Waals surface area (Å²) in [5.74, 6) is 0.755. The van der Waals surface area contributed by atoms with Gasteiger partial charge in [0.2, 0.25) is 0 Å². The van der Waals surface area contributed by atoms with Crippen LogP contribution in [0.3, 0.4) is 0 Å². The van der Waals surface area contributed by atoms with Crippen molar-refractivity contribution in [1.29, 1.82) is 0 Å². The summed E-state index contributed by atoms with van der Waals surface area (Å²) in [7, 11) is 1.71. The summed E-state index contributed by atoms with van der Waals surface area (Å²) >= 11 is 8.15. The lowest BCUT2D eigenvalue weighted by Crippen LogP contribution is -2.17. The fraction of sp³-hybridized carbons (Fsp3) is 0.143. The lowest BCUT2D eigenvalue weighted by molar-refractivity contribution is 1.22. The lowest BCUT2D eigenvalue weighted by atomic mass is 10.5. The average molecular weight is 325 g/mol. The second-order valence-electron chi connectivity index (χ2n) is 2.01. The number of nitrogens with zero attached hydrogens (tertiary/aromatic N) is 2. The molecule has 0 aliphatic heterocycles. The predicted molar refractivity (Wildman–Crippen MR) is 63.3 cm³/mol. The third-order valence-corrected chi connectivity index (χ3v) is 3.59. The van der Waals surface area contributed by atoms with Gasteiger partial charge in [-0.2, -0.15) is 0 Å². The zero-order chi connectivity index (χ0) is 9.84. The molecule has 0 saturated heterocycles. The number of thiazole rings is 1. The topological polar surface area (TPSA) is 37.3 Å². The van der Waals surface area contributed by atoms with E-state index in [-0.39, 0.29) is 0 Å². The first kappa shape index (κ1) is 10.9. The van der Waals surface area contributed by atoms with Crippen LogP contribution in [0.2, 0.25) is 0 Å². The number of hydrogen-bond donors (Lipinski definition) is 1. The van der Waals surface area contributed by atoms with Crippen LogP contribution >= 0.6 is 43.2 Å². The second kappa shape index (κ2) is 4.88. The number of halogens is 2. The van der Waals surface area contributed by atoms with Crippen LogP contribution in [0.5, 0.6) is 0 Å². The molecule has 1 rings (SSSR count). The summed E-state index contributed by atoms with van der Waals surface area (Å²) in [6, 6.07) is 0. The van der Waals surface area contributed by atoms with Gasteiger partial charge in [-0.3, -0.25) is 4.99 Å². The van der Waals surface area contributed by atoms with Crippen molar-refractivity contribution in [3.05, 3.63) is 26.2 Å². The fourth-order valence-electron chi connectivity index (χ4n) is 0.751. The Hall–Kier alpha value is -0.200. The standard InChI is InChI=1S/C7H7Br2N3S/c1-3-11-6(10-2)4-5(8)12-7(9)13-4/h3H,1H2,2H3,(H,10,11). The minimum atomic E-state index is 0.755. The van der Waals surface area contributed by atoms with E-state index < -0.39 is 0 Å². The Morgan fingerprint density at radius 2 is 2.38 bits per heavy atom. The van der Waals surface area contributed by atoms with Gasteiger partial charge in [-0.1, -0.05) is 6.58 Å². The number of hydrogen-bond acceptors (Lipinski definition) is 3. The zero-order valence-electron chi connectivity index (χ0n) is 6.84. The molecule has 13 heavy (non-hydrogen) atoms. The molecule has 3 nitrogen and oxygen atoms in total. The van der Waals surface area contributed by atoms with Crippen molar-refractivity contribution in [3.63, 3.8) is 0 Å². The molecule has 0 saturated carbocycles. The van der Waals surface area contributed by atoms with Gasteiger partial charge >= 0.3 is 0 Å². The molecule has 1 N–H and O–H groups in total. The van der Waals surface area contributed by atoms with E-state index in [9.17, 15) is 0 Å². The van der Waals surface area contributed by atoms with Crippen LogP contribution in [0.4, 0.5) is 0 Å². The van der Waals surface area contributed by atoms with Crippen LogP contribution in [0.1, 0.15) is 4.88 Å². The van der Waals surface area contributed by atoms with Gasteiger partial charge in [0.05, 0.1) is 0 Å². The van der Waals surface area contributed by atoms with Crippen molar-refractivity contribution in [2.75, 3.05) is 7.05 Å². The van der Waals surface area contributed by atoms with E-state index in [4.69, 9.17) is 0 Å². The summed E-state index contributed by atoms with van der Waals surface area (Å²) in [5.41, 5.74) is 0. The summed E-state index contributed by atoms with van der Waals surface area (Å²) < 4.78 is 1.60. The molecule has 1 aromatic rings. The van der Waals surface area contributed by atoms with Gasteiger partial charge in [-0.15, -0.1) is 11.3 Å². The Labute approximate surface area is 97.2 Å². The number of aromatic nitrogens is 1. The third kappa shape index (κ3) is 2.62. The van der Waals surface area contributed by atoms with E-state index in [1.54, 1.807) is 13.2 Å². The van der Waals surface area contributed by atoms with Crippen LogP contribution in [-0.2, 0) is 0 Å². The molecule has 0 radical (unpaired) electrons. The number of amidine groups is 1. The van der Waals surface area contributed by atoms with Crippen molar-refractivity contribution in [2.24, 2.45) is 4.99 Å². The van der Waals surface area contributed by atoms with Crippen molar-refractivity contribution >= 4 is 49.0 Å². The van der Waals surface area contributed by atoms with Crippen molar-refractivity contribution in [3.8, 4) is 0 Å². The molecular formula is C7H7Br2N3S. The molecule has 0 spiro atoms. The molecule has 0 unspecified atom stereocenters. The predicted octanol–water partition coefficient (Wildman–Crippen LogP) is 2.78. The van der Waals surface area contributed by atoms with E-state index in [2.05, 4.69) is 53.7 Å². The van der Waals surface area contributed by atoms with Gasteiger partial charge in [-0.05, 0) is 38.1 Å².